The third-order valence-electron chi connectivity index (χ3n) is 4.05. The molecule has 0 atom stereocenters. The average molecular weight is 308 g/mol. The molecule has 0 fully saturated rings. The molecule has 0 spiro atoms. The van der Waals surface area contributed by atoms with Gasteiger partial charge in [0.05, 0.1) is 12.7 Å². The number of benzene rings is 2. The molecule has 0 saturated heterocycles. The van der Waals surface area contributed by atoms with Crippen molar-refractivity contribution >= 4 is 17.1 Å². The first kappa shape index (κ1) is 15.3. The molecule has 3 nitrogen and oxygen atoms in total. The molecule has 0 radical (unpaired) electrons. The summed E-state index contributed by atoms with van der Waals surface area (Å²) in [6.07, 6.45) is 0. The van der Waals surface area contributed by atoms with Gasteiger partial charge in [-0.25, -0.2) is 0 Å². The number of hydrogen-bond acceptors (Lipinski definition) is 3. The third-order valence-corrected chi connectivity index (χ3v) is 4.05. The minimum atomic E-state index is -0.852. The molecule has 23 heavy (non-hydrogen) atoms. The van der Waals surface area contributed by atoms with Crippen LogP contribution in [0, 0.1) is 6.92 Å². The molecule has 0 saturated carbocycles. The molecule has 3 rings (SSSR count). The van der Waals surface area contributed by atoms with Gasteiger partial charge in [-0.15, -0.1) is 0 Å². The van der Waals surface area contributed by atoms with Crippen molar-refractivity contribution in [2.75, 3.05) is 7.11 Å². The highest BCUT2D eigenvalue weighted by Gasteiger charge is 2.42. The van der Waals surface area contributed by atoms with Gasteiger partial charge in [0.25, 0.3) is 0 Å². The van der Waals surface area contributed by atoms with Gasteiger partial charge in [-0.3, -0.25) is 4.79 Å². The molecular formula is C20H20O3. The van der Waals surface area contributed by atoms with Crippen molar-refractivity contribution in [1.82, 2.24) is 0 Å². The van der Waals surface area contributed by atoms with E-state index in [-0.39, 0.29) is 5.78 Å². The van der Waals surface area contributed by atoms with Crippen molar-refractivity contribution < 1.29 is 14.3 Å². The monoisotopic (exact) mass is 308 g/mol. The Morgan fingerprint density at radius 2 is 1.48 bits per heavy atom. The van der Waals surface area contributed by atoms with Crippen LogP contribution in [0.25, 0.3) is 11.3 Å². The number of rotatable bonds is 3. The molecule has 0 amide bonds. The maximum absolute atomic E-state index is 12.8. The summed E-state index contributed by atoms with van der Waals surface area (Å²) in [7, 11) is 1.63. The van der Waals surface area contributed by atoms with Gasteiger partial charge in [0.1, 0.15) is 11.5 Å². The zero-order valence-electron chi connectivity index (χ0n) is 13.8. The van der Waals surface area contributed by atoms with Crippen LogP contribution in [0.2, 0.25) is 0 Å². The van der Waals surface area contributed by atoms with E-state index >= 15 is 0 Å². The van der Waals surface area contributed by atoms with Crippen molar-refractivity contribution in [3.05, 3.63) is 65.2 Å². The summed E-state index contributed by atoms with van der Waals surface area (Å²) in [6.45, 7) is 5.64. The first-order valence-corrected chi connectivity index (χ1v) is 7.62. The van der Waals surface area contributed by atoms with Crippen LogP contribution in [0.5, 0.6) is 5.75 Å². The zero-order valence-corrected chi connectivity index (χ0v) is 13.8. The van der Waals surface area contributed by atoms with E-state index in [4.69, 9.17) is 9.47 Å². The molecule has 0 bridgehead atoms. The summed E-state index contributed by atoms with van der Waals surface area (Å²) in [4.78, 5) is 12.8. The lowest BCUT2D eigenvalue weighted by atomic mass is 9.92. The van der Waals surface area contributed by atoms with E-state index in [9.17, 15) is 4.79 Å². The Balaban J connectivity index is 2.14. The highest BCUT2D eigenvalue weighted by molar-refractivity contribution is 6.32. The minimum Gasteiger partial charge on any atom is -0.497 e. The fourth-order valence-corrected chi connectivity index (χ4v) is 2.68. The van der Waals surface area contributed by atoms with Gasteiger partial charge in [0.2, 0.25) is 5.78 Å². The Kier molecular flexibility index (Phi) is 3.72. The second kappa shape index (κ2) is 5.58. The Labute approximate surface area is 136 Å². The second-order valence-corrected chi connectivity index (χ2v) is 6.24. The predicted octanol–water partition coefficient (Wildman–Crippen LogP) is 4.25. The average Bonchev–Trinajstić information content (AvgIpc) is 2.79. The van der Waals surface area contributed by atoms with Gasteiger partial charge in [-0.05, 0) is 50.6 Å². The molecule has 1 aliphatic rings. The van der Waals surface area contributed by atoms with Crippen LogP contribution >= 0.6 is 0 Å². The standard InChI is InChI=1S/C20H20O3/c1-13-5-7-14(8-6-13)17-18(23-20(2,3)19(17)21)15-9-11-16(22-4)12-10-15/h5-12H,1-4H3. The van der Waals surface area contributed by atoms with Gasteiger partial charge >= 0.3 is 0 Å². The number of Topliss-reactive ketones (excluding diaryl/α,β-unsaturated/α-hetero) is 1. The Morgan fingerprint density at radius 1 is 0.913 bits per heavy atom. The molecule has 2 aromatic carbocycles. The van der Waals surface area contributed by atoms with Crippen LogP contribution in [0.3, 0.4) is 0 Å². The molecule has 0 N–H and O–H groups in total. The summed E-state index contributed by atoms with van der Waals surface area (Å²) in [6, 6.07) is 15.5. The van der Waals surface area contributed by atoms with Gasteiger partial charge in [-0.1, -0.05) is 29.8 Å². The number of ketones is 1. The van der Waals surface area contributed by atoms with E-state index in [2.05, 4.69) is 0 Å². The zero-order chi connectivity index (χ0) is 16.6. The van der Waals surface area contributed by atoms with Gasteiger partial charge in [-0.2, -0.15) is 0 Å². The minimum absolute atomic E-state index is 0.00664. The lowest BCUT2D eigenvalue weighted by molar-refractivity contribution is -0.125. The quantitative estimate of drug-likeness (QED) is 0.850. The van der Waals surface area contributed by atoms with Crippen molar-refractivity contribution in [2.45, 2.75) is 26.4 Å². The van der Waals surface area contributed by atoms with Gasteiger partial charge in [0.15, 0.2) is 5.60 Å². The van der Waals surface area contributed by atoms with Crippen LogP contribution in [-0.4, -0.2) is 18.5 Å². The van der Waals surface area contributed by atoms with E-state index in [1.807, 2.05) is 55.5 Å². The number of ether oxygens (including phenoxy) is 2. The van der Waals surface area contributed by atoms with Crippen molar-refractivity contribution in [3.8, 4) is 5.75 Å². The van der Waals surface area contributed by atoms with E-state index in [1.54, 1.807) is 21.0 Å². The van der Waals surface area contributed by atoms with Crippen LogP contribution in [-0.2, 0) is 9.53 Å². The normalized spacial score (nSPS) is 16.4. The highest BCUT2D eigenvalue weighted by atomic mass is 16.5. The Bertz CT molecular complexity index is 766. The third kappa shape index (κ3) is 2.74. The van der Waals surface area contributed by atoms with E-state index in [0.29, 0.717) is 11.3 Å². The first-order chi connectivity index (χ1) is 10.9. The fourth-order valence-electron chi connectivity index (χ4n) is 2.68. The fraction of sp³-hybridized carbons (Fsp3) is 0.250. The van der Waals surface area contributed by atoms with Crippen molar-refractivity contribution in [2.24, 2.45) is 0 Å². The molecule has 118 valence electrons. The van der Waals surface area contributed by atoms with Crippen LogP contribution < -0.4 is 4.74 Å². The predicted molar refractivity (Wildman–Crippen MR) is 91.2 cm³/mol. The van der Waals surface area contributed by atoms with Crippen LogP contribution in [0.15, 0.2) is 48.5 Å². The molecule has 2 aromatic rings. The maximum atomic E-state index is 12.8. The van der Waals surface area contributed by atoms with E-state index in [0.717, 1.165) is 22.4 Å². The molecule has 0 unspecified atom stereocenters. The van der Waals surface area contributed by atoms with Gasteiger partial charge < -0.3 is 9.47 Å². The number of methoxy groups -OCH3 is 1. The molecule has 1 aliphatic heterocycles. The molecule has 0 aliphatic carbocycles. The summed E-state index contributed by atoms with van der Waals surface area (Å²) < 4.78 is 11.2. The first-order valence-electron chi connectivity index (χ1n) is 7.62. The van der Waals surface area contributed by atoms with Crippen LogP contribution in [0.1, 0.15) is 30.5 Å². The number of aryl methyl sites for hydroxylation is 1. The highest BCUT2D eigenvalue weighted by Crippen LogP contribution is 2.41. The molecule has 0 aromatic heterocycles. The van der Waals surface area contributed by atoms with E-state index in [1.165, 1.54) is 0 Å². The number of hydrogen-bond donors (Lipinski definition) is 0. The Morgan fingerprint density at radius 3 is 2.04 bits per heavy atom. The lowest BCUT2D eigenvalue weighted by Crippen LogP contribution is -2.29. The topological polar surface area (TPSA) is 35.5 Å². The van der Waals surface area contributed by atoms with Crippen molar-refractivity contribution in [3.63, 3.8) is 0 Å². The SMILES string of the molecule is COc1ccc(C2=C(c3ccc(C)cc3)C(=O)C(C)(C)O2)cc1. The molecule has 3 heteroatoms. The summed E-state index contributed by atoms with van der Waals surface area (Å²) >= 11 is 0. The van der Waals surface area contributed by atoms with Gasteiger partial charge in [0, 0.05) is 5.56 Å². The molecule has 1 heterocycles. The maximum Gasteiger partial charge on any atom is 0.210 e. The number of carbonyl (C=O) groups excluding carboxylic acids is 1. The van der Waals surface area contributed by atoms with Crippen molar-refractivity contribution in [1.29, 1.82) is 0 Å². The summed E-state index contributed by atoms with van der Waals surface area (Å²) in [5.41, 5.74) is 2.71. The largest absolute Gasteiger partial charge is 0.497 e. The van der Waals surface area contributed by atoms with E-state index < -0.39 is 5.60 Å². The smallest absolute Gasteiger partial charge is 0.210 e. The Hall–Kier alpha value is -2.55. The van der Waals surface area contributed by atoms with Crippen LogP contribution in [0.4, 0.5) is 0 Å². The lowest BCUT2D eigenvalue weighted by Gasteiger charge is -2.17. The molecular weight excluding hydrogens is 288 g/mol. The second-order valence-electron chi connectivity index (χ2n) is 6.24. The number of carbonyl (C=O) groups is 1. The summed E-state index contributed by atoms with van der Waals surface area (Å²) in [5, 5.41) is 0. The summed E-state index contributed by atoms with van der Waals surface area (Å²) in [5.74, 6) is 1.41.